The molecule has 1 fully saturated rings. The molecular weight excluding hydrogens is 292 g/mol. The first-order valence-corrected chi connectivity index (χ1v) is 8.11. The Kier molecular flexibility index (Phi) is 4.50. The van der Waals surface area contributed by atoms with Crippen LogP contribution in [0.3, 0.4) is 0 Å². The van der Waals surface area contributed by atoms with Gasteiger partial charge in [-0.3, -0.25) is 0 Å². The minimum absolute atomic E-state index is 0.227. The first kappa shape index (κ1) is 14.4. The molecule has 0 bridgehead atoms. The van der Waals surface area contributed by atoms with Crippen LogP contribution >= 0.6 is 11.3 Å². The van der Waals surface area contributed by atoms with E-state index in [2.05, 4.69) is 9.71 Å². The lowest BCUT2D eigenvalue weighted by Crippen LogP contribution is -2.32. The van der Waals surface area contributed by atoms with Crippen LogP contribution in [0.15, 0.2) is 9.72 Å². The van der Waals surface area contributed by atoms with Gasteiger partial charge in [-0.15, -0.1) is 11.3 Å². The van der Waals surface area contributed by atoms with Crippen molar-refractivity contribution in [3.05, 3.63) is 11.2 Å². The molecule has 0 saturated carbocycles. The fourth-order valence-corrected chi connectivity index (χ4v) is 4.11. The van der Waals surface area contributed by atoms with Crippen molar-refractivity contribution in [3.63, 3.8) is 0 Å². The number of aromatic nitrogens is 1. The smallest absolute Gasteiger partial charge is 0.356 e. The van der Waals surface area contributed by atoms with Crippen molar-refractivity contribution < 1.29 is 23.1 Å². The van der Waals surface area contributed by atoms with Gasteiger partial charge in [0.15, 0.2) is 9.90 Å². The van der Waals surface area contributed by atoms with Gasteiger partial charge in [0.1, 0.15) is 0 Å². The van der Waals surface area contributed by atoms with Crippen LogP contribution in [0.2, 0.25) is 0 Å². The molecular formula is C10H14N2O5S2. The summed E-state index contributed by atoms with van der Waals surface area (Å²) in [5.74, 6) is -1.11. The number of aromatic carboxylic acids is 1. The van der Waals surface area contributed by atoms with Gasteiger partial charge >= 0.3 is 5.97 Å². The maximum absolute atomic E-state index is 12.0. The summed E-state index contributed by atoms with van der Waals surface area (Å²) < 4.78 is 31.5. The SMILES string of the molecule is O=C(O)c1ncsc1S(=O)(=O)NCC1CCOCC1. The van der Waals surface area contributed by atoms with Gasteiger partial charge in [0.25, 0.3) is 10.0 Å². The molecule has 1 aliphatic rings. The van der Waals surface area contributed by atoms with Crippen LogP contribution in [0, 0.1) is 5.92 Å². The Morgan fingerprint density at radius 2 is 2.21 bits per heavy atom. The molecule has 0 unspecified atom stereocenters. The van der Waals surface area contributed by atoms with Gasteiger partial charge in [0.2, 0.25) is 0 Å². The molecule has 0 aliphatic carbocycles. The van der Waals surface area contributed by atoms with Crippen molar-refractivity contribution >= 4 is 27.3 Å². The average Bonchev–Trinajstić information content (AvgIpc) is 2.88. The van der Waals surface area contributed by atoms with Crippen LogP contribution in [0.4, 0.5) is 0 Å². The van der Waals surface area contributed by atoms with Gasteiger partial charge in [-0.2, -0.15) is 0 Å². The van der Waals surface area contributed by atoms with E-state index in [1.54, 1.807) is 0 Å². The maximum Gasteiger partial charge on any atom is 0.356 e. The number of rotatable bonds is 5. The first-order chi connectivity index (χ1) is 9.00. The number of hydrogen-bond donors (Lipinski definition) is 2. The van der Waals surface area contributed by atoms with E-state index in [0.29, 0.717) is 19.8 Å². The van der Waals surface area contributed by atoms with Crippen LogP contribution < -0.4 is 4.72 Å². The van der Waals surface area contributed by atoms with Gasteiger partial charge < -0.3 is 9.84 Å². The van der Waals surface area contributed by atoms with Crippen molar-refractivity contribution in [1.29, 1.82) is 0 Å². The summed E-state index contributed by atoms with van der Waals surface area (Å²) in [5, 5.41) is 8.87. The summed E-state index contributed by atoms with van der Waals surface area (Å²) in [6.07, 6.45) is 1.61. The zero-order valence-electron chi connectivity index (χ0n) is 10.0. The second kappa shape index (κ2) is 5.95. The third-order valence-corrected chi connectivity index (χ3v) is 5.68. The summed E-state index contributed by atoms with van der Waals surface area (Å²) in [6, 6.07) is 0. The second-order valence-corrected chi connectivity index (χ2v) is 7.02. The quantitative estimate of drug-likeness (QED) is 0.823. The molecule has 0 aromatic carbocycles. The standard InChI is InChI=1S/C10H14N2O5S2/c13-9(14)8-10(18-6-11-8)19(15,16)12-5-7-1-3-17-4-2-7/h6-7,12H,1-5H2,(H,13,14). The third-order valence-electron chi connectivity index (χ3n) is 2.88. The molecule has 106 valence electrons. The Morgan fingerprint density at radius 3 is 2.84 bits per heavy atom. The third kappa shape index (κ3) is 3.50. The van der Waals surface area contributed by atoms with Gasteiger partial charge in [-0.25, -0.2) is 22.9 Å². The zero-order valence-corrected chi connectivity index (χ0v) is 11.7. The highest BCUT2D eigenvalue weighted by Crippen LogP contribution is 2.21. The number of nitrogens with one attached hydrogen (secondary N) is 1. The van der Waals surface area contributed by atoms with Gasteiger partial charge in [-0.05, 0) is 18.8 Å². The predicted octanol–water partition coefficient (Wildman–Crippen LogP) is 0.546. The molecule has 19 heavy (non-hydrogen) atoms. The van der Waals surface area contributed by atoms with Crippen molar-refractivity contribution in [2.45, 2.75) is 17.1 Å². The number of carboxylic acid groups (broad SMARTS) is 1. The summed E-state index contributed by atoms with van der Waals surface area (Å²) >= 11 is 0.804. The highest BCUT2D eigenvalue weighted by molar-refractivity contribution is 7.91. The van der Waals surface area contributed by atoms with Crippen LogP contribution in [0.25, 0.3) is 0 Å². The molecule has 2 heterocycles. The number of sulfonamides is 1. The zero-order chi connectivity index (χ0) is 13.9. The van der Waals surface area contributed by atoms with Gasteiger partial charge in [0.05, 0.1) is 5.51 Å². The molecule has 0 atom stereocenters. The molecule has 1 aromatic rings. The molecule has 0 radical (unpaired) electrons. The molecule has 1 saturated heterocycles. The summed E-state index contributed by atoms with van der Waals surface area (Å²) in [4.78, 5) is 14.4. The van der Waals surface area contributed by atoms with E-state index in [1.165, 1.54) is 5.51 Å². The normalized spacial score (nSPS) is 17.5. The first-order valence-electron chi connectivity index (χ1n) is 5.75. The van der Waals surface area contributed by atoms with E-state index in [9.17, 15) is 13.2 Å². The van der Waals surface area contributed by atoms with E-state index in [1.807, 2.05) is 0 Å². The van der Waals surface area contributed by atoms with Crippen molar-refractivity contribution in [2.75, 3.05) is 19.8 Å². The van der Waals surface area contributed by atoms with Crippen molar-refractivity contribution in [3.8, 4) is 0 Å². The van der Waals surface area contributed by atoms with E-state index in [4.69, 9.17) is 9.84 Å². The highest BCUT2D eigenvalue weighted by atomic mass is 32.2. The van der Waals surface area contributed by atoms with Crippen LogP contribution in [0.1, 0.15) is 23.3 Å². The number of ether oxygens (including phenoxy) is 1. The number of hydrogen-bond acceptors (Lipinski definition) is 6. The van der Waals surface area contributed by atoms with E-state index in [0.717, 1.165) is 24.2 Å². The molecule has 1 aromatic heterocycles. The average molecular weight is 306 g/mol. The van der Waals surface area contributed by atoms with Crippen LogP contribution in [-0.2, 0) is 14.8 Å². The Morgan fingerprint density at radius 1 is 1.53 bits per heavy atom. The second-order valence-electron chi connectivity index (χ2n) is 4.20. The topological polar surface area (TPSA) is 106 Å². The minimum atomic E-state index is -3.81. The van der Waals surface area contributed by atoms with Crippen LogP contribution in [-0.4, -0.2) is 44.2 Å². The number of carboxylic acids is 1. The van der Waals surface area contributed by atoms with Crippen molar-refractivity contribution in [1.82, 2.24) is 9.71 Å². The fourth-order valence-electron chi connectivity index (χ4n) is 1.81. The number of nitrogens with zero attached hydrogens (tertiary/aromatic N) is 1. The van der Waals surface area contributed by atoms with E-state index >= 15 is 0 Å². The number of thiazole rings is 1. The summed E-state index contributed by atoms with van der Waals surface area (Å²) in [6.45, 7) is 1.56. The fraction of sp³-hybridized carbons (Fsp3) is 0.600. The highest BCUT2D eigenvalue weighted by Gasteiger charge is 2.26. The molecule has 7 nitrogen and oxygen atoms in total. The largest absolute Gasteiger partial charge is 0.476 e. The Balaban J connectivity index is 2.05. The lowest BCUT2D eigenvalue weighted by atomic mass is 10.0. The molecule has 0 amide bonds. The molecule has 2 N–H and O–H groups in total. The van der Waals surface area contributed by atoms with Crippen molar-refractivity contribution in [2.24, 2.45) is 5.92 Å². The molecule has 2 rings (SSSR count). The Hall–Kier alpha value is -1.03. The number of carbonyl (C=O) groups is 1. The minimum Gasteiger partial charge on any atom is -0.476 e. The van der Waals surface area contributed by atoms with E-state index in [-0.39, 0.29) is 10.1 Å². The van der Waals surface area contributed by atoms with Crippen LogP contribution in [0.5, 0.6) is 0 Å². The monoisotopic (exact) mass is 306 g/mol. The molecule has 9 heteroatoms. The lowest BCUT2D eigenvalue weighted by Gasteiger charge is -2.21. The van der Waals surface area contributed by atoms with Gasteiger partial charge in [0, 0.05) is 19.8 Å². The maximum atomic E-state index is 12.0. The lowest BCUT2D eigenvalue weighted by molar-refractivity contribution is 0.0678. The summed E-state index contributed by atoms with van der Waals surface area (Å²) in [7, 11) is -3.81. The van der Waals surface area contributed by atoms with E-state index < -0.39 is 21.7 Å². The molecule has 0 spiro atoms. The van der Waals surface area contributed by atoms with Gasteiger partial charge in [-0.1, -0.05) is 0 Å². The molecule has 1 aliphatic heterocycles. The predicted molar refractivity (Wildman–Crippen MR) is 67.8 cm³/mol. The Bertz CT molecular complexity index is 548. The summed E-state index contributed by atoms with van der Waals surface area (Å²) in [5.41, 5.74) is 0.788. The Labute approximate surface area is 114 Å².